The van der Waals surface area contributed by atoms with Crippen molar-refractivity contribution in [1.82, 2.24) is 0 Å². The molecule has 0 saturated carbocycles. The highest BCUT2D eigenvalue weighted by atomic mass is 16.6. The van der Waals surface area contributed by atoms with Crippen molar-refractivity contribution in [3.05, 3.63) is 53.6 Å². The van der Waals surface area contributed by atoms with E-state index in [2.05, 4.69) is 10.5 Å². The van der Waals surface area contributed by atoms with Gasteiger partial charge in [-0.15, -0.1) is 0 Å². The van der Waals surface area contributed by atoms with Crippen molar-refractivity contribution in [3.8, 4) is 11.5 Å². The summed E-state index contributed by atoms with van der Waals surface area (Å²) in [5.41, 5.74) is 2.58. The lowest BCUT2D eigenvalue weighted by molar-refractivity contribution is -0.120. The highest BCUT2D eigenvalue weighted by molar-refractivity contribution is 5.91. The van der Waals surface area contributed by atoms with Crippen LogP contribution in [0.5, 0.6) is 11.5 Å². The smallest absolute Gasteiger partial charge is 0.265 e. The van der Waals surface area contributed by atoms with E-state index in [4.69, 9.17) is 14.3 Å². The van der Waals surface area contributed by atoms with Gasteiger partial charge in [-0.25, -0.2) is 0 Å². The van der Waals surface area contributed by atoms with Crippen molar-refractivity contribution in [2.45, 2.75) is 13.8 Å². The SMILES string of the molecule is CCOc1ccc(/C=N\OCC(=O)Nc2cccc(C)c2)cc1OC. The van der Waals surface area contributed by atoms with Crippen LogP contribution in [0, 0.1) is 6.92 Å². The van der Waals surface area contributed by atoms with Crippen LogP contribution < -0.4 is 14.8 Å². The summed E-state index contributed by atoms with van der Waals surface area (Å²) in [5, 5.41) is 6.56. The molecule has 132 valence electrons. The number of nitrogens with zero attached hydrogens (tertiary/aromatic N) is 1. The standard InChI is InChI=1S/C19H22N2O4/c1-4-24-17-9-8-15(11-18(17)23-3)12-20-25-13-19(22)21-16-7-5-6-14(2)10-16/h5-12H,4,13H2,1-3H3,(H,21,22)/b20-12-. The molecule has 0 aromatic heterocycles. The van der Waals surface area contributed by atoms with Gasteiger partial charge >= 0.3 is 0 Å². The van der Waals surface area contributed by atoms with Crippen LogP contribution in [-0.4, -0.2) is 32.4 Å². The number of carbonyl (C=O) groups excluding carboxylic acids is 1. The Bertz CT molecular complexity index is 744. The molecule has 0 radical (unpaired) electrons. The van der Waals surface area contributed by atoms with Gasteiger partial charge in [0.1, 0.15) is 0 Å². The number of amides is 1. The monoisotopic (exact) mass is 342 g/mol. The van der Waals surface area contributed by atoms with Gasteiger partial charge in [0.05, 0.1) is 19.9 Å². The van der Waals surface area contributed by atoms with E-state index < -0.39 is 0 Å². The first-order valence-corrected chi connectivity index (χ1v) is 7.95. The molecule has 0 aliphatic rings. The van der Waals surface area contributed by atoms with Crippen molar-refractivity contribution in [1.29, 1.82) is 0 Å². The summed E-state index contributed by atoms with van der Waals surface area (Å²) in [7, 11) is 1.57. The number of rotatable bonds is 8. The number of anilines is 1. The van der Waals surface area contributed by atoms with Crippen molar-refractivity contribution in [2.75, 3.05) is 25.6 Å². The number of methoxy groups -OCH3 is 1. The molecule has 2 aromatic carbocycles. The van der Waals surface area contributed by atoms with E-state index in [1.54, 1.807) is 19.2 Å². The Balaban J connectivity index is 1.85. The molecule has 0 atom stereocenters. The Morgan fingerprint density at radius 1 is 1.20 bits per heavy atom. The molecule has 0 fully saturated rings. The van der Waals surface area contributed by atoms with E-state index in [1.165, 1.54) is 6.21 Å². The summed E-state index contributed by atoms with van der Waals surface area (Å²) >= 11 is 0. The van der Waals surface area contributed by atoms with Gasteiger partial charge in [0, 0.05) is 11.3 Å². The molecule has 0 aliphatic carbocycles. The molecule has 6 nitrogen and oxygen atoms in total. The molecule has 0 heterocycles. The molecule has 0 spiro atoms. The van der Waals surface area contributed by atoms with Gasteiger partial charge in [-0.2, -0.15) is 0 Å². The average Bonchev–Trinajstić information content (AvgIpc) is 2.60. The first-order chi connectivity index (χ1) is 12.1. The lowest BCUT2D eigenvalue weighted by Crippen LogP contribution is -2.16. The van der Waals surface area contributed by atoms with E-state index in [-0.39, 0.29) is 12.5 Å². The maximum atomic E-state index is 11.8. The molecule has 1 amide bonds. The minimum Gasteiger partial charge on any atom is -0.493 e. The predicted molar refractivity (Wildman–Crippen MR) is 97.5 cm³/mol. The minimum atomic E-state index is -0.271. The van der Waals surface area contributed by atoms with Gasteiger partial charge in [0.15, 0.2) is 18.1 Å². The van der Waals surface area contributed by atoms with E-state index in [9.17, 15) is 4.79 Å². The third-order valence-corrected chi connectivity index (χ3v) is 3.26. The number of hydrogen-bond donors (Lipinski definition) is 1. The van der Waals surface area contributed by atoms with Crippen molar-refractivity contribution in [3.63, 3.8) is 0 Å². The summed E-state index contributed by atoms with van der Waals surface area (Å²) in [6.07, 6.45) is 1.51. The summed E-state index contributed by atoms with van der Waals surface area (Å²) in [5.74, 6) is 1.01. The van der Waals surface area contributed by atoms with E-state index in [0.717, 1.165) is 16.8 Å². The van der Waals surface area contributed by atoms with Crippen LogP contribution in [0.2, 0.25) is 0 Å². The van der Waals surface area contributed by atoms with Gasteiger partial charge in [-0.05, 0) is 49.7 Å². The van der Waals surface area contributed by atoms with Crippen LogP contribution in [0.25, 0.3) is 0 Å². The molecular formula is C19H22N2O4. The van der Waals surface area contributed by atoms with E-state index in [1.807, 2.05) is 44.2 Å². The van der Waals surface area contributed by atoms with Crippen LogP contribution >= 0.6 is 0 Å². The second-order valence-corrected chi connectivity index (χ2v) is 5.27. The summed E-state index contributed by atoms with van der Waals surface area (Å²) in [6.45, 7) is 4.26. The summed E-state index contributed by atoms with van der Waals surface area (Å²) in [4.78, 5) is 16.8. The van der Waals surface area contributed by atoms with Crippen LogP contribution in [0.15, 0.2) is 47.6 Å². The minimum absolute atomic E-state index is 0.168. The highest BCUT2D eigenvalue weighted by Crippen LogP contribution is 2.27. The molecule has 6 heteroatoms. The van der Waals surface area contributed by atoms with Crippen molar-refractivity contribution >= 4 is 17.8 Å². The maximum absolute atomic E-state index is 11.8. The molecule has 2 rings (SSSR count). The third kappa shape index (κ3) is 5.84. The number of nitrogens with one attached hydrogen (secondary N) is 1. The van der Waals surface area contributed by atoms with Crippen LogP contribution in [0.4, 0.5) is 5.69 Å². The maximum Gasteiger partial charge on any atom is 0.265 e. The summed E-state index contributed by atoms with van der Waals surface area (Å²) < 4.78 is 10.7. The first kappa shape index (κ1) is 18.3. The normalized spacial score (nSPS) is 10.5. The Morgan fingerprint density at radius 3 is 2.76 bits per heavy atom. The molecule has 1 N–H and O–H groups in total. The van der Waals surface area contributed by atoms with Crippen LogP contribution in [0.3, 0.4) is 0 Å². The zero-order valence-electron chi connectivity index (χ0n) is 14.6. The largest absolute Gasteiger partial charge is 0.493 e. The zero-order chi connectivity index (χ0) is 18.1. The molecule has 0 bridgehead atoms. The Kier molecular flexibility index (Phi) is 6.83. The molecule has 0 saturated heterocycles. The fourth-order valence-electron chi connectivity index (χ4n) is 2.15. The Labute approximate surface area is 147 Å². The Morgan fingerprint density at radius 2 is 2.04 bits per heavy atom. The number of ether oxygens (including phenoxy) is 2. The second kappa shape index (κ2) is 9.32. The van der Waals surface area contributed by atoms with E-state index in [0.29, 0.717) is 18.1 Å². The van der Waals surface area contributed by atoms with Crippen LogP contribution in [0.1, 0.15) is 18.1 Å². The van der Waals surface area contributed by atoms with Gasteiger partial charge in [0.2, 0.25) is 0 Å². The van der Waals surface area contributed by atoms with Crippen molar-refractivity contribution < 1.29 is 19.1 Å². The Hall–Kier alpha value is -3.02. The number of carbonyl (C=O) groups is 1. The average molecular weight is 342 g/mol. The molecular weight excluding hydrogens is 320 g/mol. The zero-order valence-corrected chi connectivity index (χ0v) is 14.6. The topological polar surface area (TPSA) is 69.2 Å². The highest BCUT2D eigenvalue weighted by Gasteiger charge is 2.05. The predicted octanol–water partition coefficient (Wildman–Crippen LogP) is 3.39. The lowest BCUT2D eigenvalue weighted by atomic mass is 10.2. The quantitative estimate of drug-likeness (QED) is 0.590. The molecule has 0 aliphatic heterocycles. The van der Waals surface area contributed by atoms with Crippen molar-refractivity contribution in [2.24, 2.45) is 5.16 Å². The lowest BCUT2D eigenvalue weighted by Gasteiger charge is -2.09. The fourth-order valence-corrected chi connectivity index (χ4v) is 2.15. The second-order valence-electron chi connectivity index (χ2n) is 5.27. The van der Waals surface area contributed by atoms with Gasteiger partial charge in [0.25, 0.3) is 5.91 Å². The van der Waals surface area contributed by atoms with Gasteiger partial charge < -0.3 is 19.6 Å². The number of hydrogen-bond acceptors (Lipinski definition) is 5. The van der Waals surface area contributed by atoms with Crippen LogP contribution in [-0.2, 0) is 9.63 Å². The molecule has 25 heavy (non-hydrogen) atoms. The number of aryl methyl sites for hydroxylation is 1. The summed E-state index contributed by atoms with van der Waals surface area (Å²) in [6, 6.07) is 12.9. The van der Waals surface area contributed by atoms with E-state index >= 15 is 0 Å². The first-order valence-electron chi connectivity index (χ1n) is 7.95. The molecule has 2 aromatic rings. The third-order valence-electron chi connectivity index (χ3n) is 3.26. The fraction of sp³-hybridized carbons (Fsp3) is 0.263. The van der Waals surface area contributed by atoms with Gasteiger partial charge in [-0.3, -0.25) is 4.79 Å². The molecule has 0 unspecified atom stereocenters. The van der Waals surface area contributed by atoms with Gasteiger partial charge in [-0.1, -0.05) is 17.3 Å². The number of oxime groups is 1. The number of benzene rings is 2.